The van der Waals surface area contributed by atoms with Crippen molar-refractivity contribution < 1.29 is 4.74 Å². The van der Waals surface area contributed by atoms with Crippen molar-refractivity contribution in [2.24, 2.45) is 0 Å². The molecule has 2 rings (SSSR count). The van der Waals surface area contributed by atoms with Crippen molar-refractivity contribution in [1.82, 2.24) is 4.98 Å². The van der Waals surface area contributed by atoms with Crippen LogP contribution in [0.1, 0.15) is 32.1 Å². The van der Waals surface area contributed by atoms with E-state index in [-0.39, 0.29) is 0 Å². The van der Waals surface area contributed by atoms with E-state index in [4.69, 9.17) is 22.1 Å². The summed E-state index contributed by atoms with van der Waals surface area (Å²) in [5.41, 5.74) is 6.50. The highest BCUT2D eigenvalue weighted by Crippen LogP contribution is 2.32. The van der Waals surface area contributed by atoms with Gasteiger partial charge < -0.3 is 15.8 Å². The molecule has 94 valence electrons. The molecule has 5 heteroatoms. The normalized spacial score (nSPS) is 16.8. The van der Waals surface area contributed by atoms with Crippen molar-refractivity contribution in [1.29, 1.82) is 0 Å². The molecule has 1 heterocycles. The van der Waals surface area contributed by atoms with Crippen LogP contribution in [0.4, 0.5) is 11.5 Å². The molecule has 1 fully saturated rings. The molecule has 0 atom stereocenters. The summed E-state index contributed by atoms with van der Waals surface area (Å²) in [6.07, 6.45) is 6.16. The van der Waals surface area contributed by atoms with Crippen molar-refractivity contribution in [2.45, 2.75) is 38.1 Å². The highest BCUT2D eigenvalue weighted by molar-refractivity contribution is 6.29. The van der Waals surface area contributed by atoms with Crippen LogP contribution in [-0.4, -0.2) is 18.1 Å². The van der Waals surface area contributed by atoms with Crippen LogP contribution in [-0.2, 0) is 0 Å². The first-order valence-electron chi connectivity index (χ1n) is 5.97. The molecule has 17 heavy (non-hydrogen) atoms. The second-order valence-corrected chi connectivity index (χ2v) is 4.78. The van der Waals surface area contributed by atoms with E-state index in [1.165, 1.54) is 19.3 Å². The Bertz CT molecular complexity index is 392. The van der Waals surface area contributed by atoms with Gasteiger partial charge in [0.15, 0.2) is 5.82 Å². The number of nitrogens with one attached hydrogen (secondary N) is 1. The number of hydrogen-bond donors (Lipinski definition) is 2. The summed E-state index contributed by atoms with van der Waals surface area (Å²) in [6.45, 7) is 0. The molecule has 1 aliphatic rings. The molecular weight excluding hydrogens is 238 g/mol. The number of methoxy groups -OCH3 is 1. The molecule has 4 nitrogen and oxygen atoms in total. The van der Waals surface area contributed by atoms with Gasteiger partial charge in [-0.3, -0.25) is 0 Å². The van der Waals surface area contributed by atoms with Gasteiger partial charge in [0.1, 0.15) is 16.6 Å². The lowest BCUT2D eigenvalue weighted by Crippen LogP contribution is -2.23. The molecule has 1 aromatic heterocycles. The Labute approximate surface area is 107 Å². The first-order chi connectivity index (χ1) is 8.20. The summed E-state index contributed by atoms with van der Waals surface area (Å²) >= 11 is 5.93. The van der Waals surface area contributed by atoms with Gasteiger partial charge in [0.25, 0.3) is 0 Å². The number of anilines is 2. The highest BCUT2D eigenvalue weighted by atomic mass is 35.5. The van der Waals surface area contributed by atoms with Crippen LogP contribution >= 0.6 is 11.6 Å². The summed E-state index contributed by atoms with van der Waals surface area (Å²) in [4.78, 5) is 4.22. The average Bonchev–Trinajstić information content (AvgIpc) is 2.34. The molecule has 3 N–H and O–H groups in total. The minimum atomic E-state index is 0.398. The third kappa shape index (κ3) is 2.94. The fourth-order valence-corrected chi connectivity index (χ4v) is 2.40. The predicted molar refractivity (Wildman–Crippen MR) is 70.7 cm³/mol. The first kappa shape index (κ1) is 12.3. The lowest BCUT2D eigenvalue weighted by molar-refractivity contribution is 0.416. The molecule has 0 spiro atoms. The van der Waals surface area contributed by atoms with Gasteiger partial charge in [0.2, 0.25) is 0 Å². The number of hydrogen-bond acceptors (Lipinski definition) is 4. The Hall–Kier alpha value is -1.16. The number of pyridine rings is 1. The fraction of sp³-hybridized carbons (Fsp3) is 0.583. The van der Waals surface area contributed by atoms with Crippen molar-refractivity contribution >= 4 is 23.1 Å². The van der Waals surface area contributed by atoms with Crippen molar-refractivity contribution in [2.75, 3.05) is 18.2 Å². The number of rotatable bonds is 3. The zero-order chi connectivity index (χ0) is 12.3. The van der Waals surface area contributed by atoms with Crippen molar-refractivity contribution in [3.05, 3.63) is 11.2 Å². The fourth-order valence-electron chi connectivity index (χ4n) is 2.22. The molecule has 1 saturated carbocycles. The number of nitrogens with two attached hydrogens (primary N) is 1. The second-order valence-electron chi connectivity index (χ2n) is 4.39. The third-order valence-corrected chi connectivity index (χ3v) is 3.35. The summed E-state index contributed by atoms with van der Waals surface area (Å²) in [5.74, 6) is 1.21. The predicted octanol–water partition coefficient (Wildman–Crippen LogP) is 3.07. The molecule has 1 aromatic rings. The largest absolute Gasteiger partial charge is 0.494 e. The van der Waals surface area contributed by atoms with E-state index in [0.29, 0.717) is 28.4 Å². The smallest absolute Gasteiger partial charge is 0.155 e. The summed E-state index contributed by atoms with van der Waals surface area (Å²) < 4.78 is 5.17. The number of ether oxygens (including phenoxy) is 1. The van der Waals surface area contributed by atoms with Gasteiger partial charge in [0, 0.05) is 12.1 Å². The summed E-state index contributed by atoms with van der Waals surface area (Å²) in [7, 11) is 1.58. The van der Waals surface area contributed by atoms with Gasteiger partial charge in [-0.2, -0.15) is 0 Å². The van der Waals surface area contributed by atoms with Gasteiger partial charge in [-0.1, -0.05) is 30.9 Å². The maximum Gasteiger partial charge on any atom is 0.155 e. The molecule has 0 aliphatic heterocycles. The maximum atomic E-state index is 5.97. The van der Waals surface area contributed by atoms with Crippen LogP contribution < -0.4 is 15.8 Å². The zero-order valence-corrected chi connectivity index (χ0v) is 10.8. The quantitative estimate of drug-likeness (QED) is 0.815. The van der Waals surface area contributed by atoms with E-state index in [0.717, 1.165) is 12.8 Å². The Morgan fingerprint density at radius 1 is 1.41 bits per heavy atom. The monoisotopic (exact) mass is 255 g/mol. The van der Waals surface area contributed by atoms with Gasteiger partial charge in [-0.25, -0.2) is 4.98 Å². The standard InChI is InChI=1S/C12H18ClN3O/c1-17-9-7-10(13)16-12(11(9)14)15-8-5-3-2-4-6-8/h7-8H,2-6,14H2,1H3,(H,15,16). The highest BCUT2D eigenvalue weighted by Gasteiger charge is 2.16. The SMILES string of the molecule is COc1cc(Cl)nc(NC2CCCCC2)c1N. The minimum absolute atomic E-state index is 0.398. The van der Waals surface area contributed by atoms with Gasteiger partial charge in [0.05, 0.1) is 7.11 Å². The van der Waals surface area contributed by atoms with E-state index in [9.17, 15) is 0 Å². The van der Waals surface area contributed by atoms with Crippen LogP contribution in [0.25, 0.3) is 0 Å². The lowest BCUT2D eigenvalue weighted by Gasteiger charge is -2.24. The molecule has 0 amide bonds. The van der Waals surface area contributed by atoms with Crippen LogP contribution in [0.2, 0.25) is 5.15 Å². The Morgan fingerprint density at radius 3 is 2.76 bits per heavy atom. The van der Waals surface area contributed by atoms with Crippen LogP contribution in [0.5, 0.6) is 5.75 Å². The maximum absolute atomic E-state index is 5.97. The van der Waals surface area contributed by atoms with Crippen molar-refractivity contribution in [3.63, 3.8) is 0 Å². The topological polar surface area (TPSA) is 60.2 Å². The van der Waals surface area contributed by atoms with Crippen molar-refractivity contribution in [3.8, 4) is 5.75 Å². The summed E-state index contributed by atoms with van der Waals surface area (Å²) in [6, 6.07) is 2.07. The van der Waals surface area contributed by atoms with Crippen LogP contribution in [0.15, 0.2) is 6.07 Å². The molecule has 0 bridgehead atoms. The zero-order valence-electron chi connectivity index (χ0n) is 10.0. The lowest BCUT2D eigenvalue weighted by atomic mass is 9.95. The number of nitrogen functional groups attached to an aromatic ring is 1. The van der Waals surface area contributed by atoms with Gasteiger partial charge in [-0.15, -0.1) is 0 Å². The number of aromatic nitrogens is 1. The van der Waals surface area contributed by atoms with E-state index < -0.39 is 0 Å². The van der Waals surface area contributed by atoms with E-state index in [1.54, 1.807) is 13.2 Å². The Kier molecular flexibility index (Phi) is 3.94. The first-order valence-corrected chi connectivity index (χ1v) is 6.35. The number of nitrogens with zero attached hydrogens (tertiary/aromatic N) is 1. The molecular formula is C12H18ClN3O. The Balaban J connectivity index is 2.16. The second kappa shape index (κ2) is 5.45. The third-order valence-electron chi connectivity index (χ3n) is 3.16. The van der Waals surface area contributed by atoms with Gasteiger partial charge in [-0.05, 0) is 12.8 Å². The minimum Gasteiger partial charge on any atom is -0.494 e. The Morgan fingerprint density at radius 2 is 2.12 bits per heavy atom. The molecule has 1 aliphatic carbocycles. The van der Waals surface area contributed by atoms with Crippen LogP contribution in [0, 0.1) is 0 Å². The number of halogens is 1. The average molecular weight is 256 g/mol. The molecule has 0 radical (unpaired) electrons. The molecule has 0 unspecified atom stereocenters. The van der Waals surface area contributed by atoms with E-state index in [1.807, 2.05) is 0 Å². The molecule has 0 aromatic carbocycles. The van der Waals surface area contributed by atoms with Gasteiger partial charge >= 0.3 is 0 Å². The van der Waals surface area contributed by atoms with E-state index >= 15 is 0 Å². The molecule has 0 saturated heterocycles. The summed E-state index contributed by atoms with van der Waals surface area (Å²) in [5, 5.41) is 3.76. The van der Waals surface area contributed by atoms with Crippen LogP contribution in [0.3, 0.4) is 0 Å². The van der Waals surface area contributed by atoms with E-state index in [2.05, 4.69) is 10.3 Å².